The summed E-state index contributed by atoms with van der Waals surface area (Å²) in [5.74, 6) is 0. The number of hydrogen-bond donors (Lipinski definition) is 1. The zero-order valence-electron chi connectivity index (χ0n) is 12.2. The van der Waals surface area contributed by atoms with Gasteiger partial charge in [-0.1, -0.05) is 26.0 Å². The number of likely N-dealkylation sites (N-methyl/N-ethyl adjacent to an activating group) is 1. The van der Waals surface area contributed by atoms with Gasteiger partial charge in [-0.3, -0.25) is 9.58 Å². The van der Waals surface area contributed by atoms with Crippen molar-refractivity contribution in [3.63, 3.8) is 0 Å². The lowest BCUT2D eigenvalue weighted by Crippen LogP contribution is -2.54. The summed E-state index contributed by atoms with van der Waals surface area (Å²) in [6.45, 7) is 10.4. The maximum atomic E-state index is 10.5. The van der Waals surface area contributed by atoms with Crippen LogP contribution in [0.2, 0.25) is 0 Å². The molecule has 1 aromatic heterocycles. The highest BCUT2D eigenvalue weighted by molar-refractivity contribution is 5.01. The van der Waals surface area contributed by atoms with Gasteiger partial charge in [0, 0.05) is 25.2 Å². The Morgan fingerprint density at radius 1 is 1.39 bits per heavy atom. The van der Waals surface area contributed by atoms with E-state index in [1.54, 1.807) is 4.68 Å². The van der Waals surface area contributed by atoms with Crippen molar-refractivity contribution in [2.24, 2.45) is 7.05 Å². The molecule has 0 radical (unpaired) electrons. The van der Waals surface area contributed by atoms with Crippen molar-refractivity contribution in [1.29, 1.82) is 0 Å². The van der Waals surface area contributed by atoms with Crippen LogP contribution in [0, 0.1) is 0 Å². The van der Waals surface area contributed by atoms with E-state index < -0.39 is 6.10 Å². The zero-order chi connectivity index (χ0) is 13.8. The van der Waals surface area contributed by atoms with Crippen molar-refractivity contribution in [2.75, 3.05) is 13.1 Å². The van der Waals surface area contributed by atoms with E-state index in [0.29, 0.717) is 6.42 Å². The molecule has 18 heavy (non-hydrogen) atoms. The van der Waals surface area contributed by atoms with E-state index in [4.69, 9.17) is 0 Å². The summed E-state index contributed by atoms with van der Waals surface area (Å²) in [5, 5.41) is 18.5. The van der Waals surface area contributed by atoms with Crippen molar-refractivity contribution in [3.8, 4) is 0 Å². The smallest absolute Gasteiger partial charge is 0.0853 e. The molecule has 0 aromatic carbocycles. The summed E-state index contributed by atoms with van der Waals surface area (Å²) in [6.07, 6.45) is 2.89. The Kier molecular flexibility index (Phi) is 5.28. The number of aliphatic hydroxyl groups is 1. The van der Waals surface area contributed by atoms with Gasteiger partial charge in [-0.25, -0.2) is 0 Å². The third-order valence-electron chi connectivity index (χ3n) is 3.97. The molecule has 2 atom stereocenters. The van der Waals surface area contributed by atoms with Crippen molar-refractivity contribution in [3.05, 3.63) is 11.9 Å². The normalized spacial score (nSPS) is 16.8. The van der Waals surface area contributed by atoms with E-state index in [9.17, 15) is 5.11 Å². The van der Waals surface area contributed by atoms with Gasteiger partial charge in [0.1, 0.15) is 0 Å². The van der Waals surface area contributed by atoms with Crippen LogP contribution in [0.1, 0.15) is 39.8 Å². The molecule has 1 heterocycles. The van der Waals surface area contributed by atoms with Crippen LogP contribution in [0.4, 0.5) is 0 Å². The number of aryl methyl sites for hydroxylation is 1. The fraction of sp³-hybridized carbons (Fsp3) is 0.846. The second kappa shape index (κ2) is 6.29. The van der Waals surface area contributed by atoms with Crippen molar-refractivity contribution in [2.45, 2.75) is 52.2 Å². The molecule has 104 valence electrons. The first kappa shape index (κ1) is 15.1. The molecule has 5 nitrogen and oxygen atoms in total. The molecular weight excluding hydrogens is 228 g/mol. The number of aromatic nitrogens is 3. The number of aliphatic hydroxyl groups excluding tert-OH is 1. The first-order valence-electron chi connectivity index (χ1n) is 6.76. The van der Waals surface area contributed by atoms with Gasteiger partial charge in [-0.15, -0.1) is 5.10 Å². The van der Waals surface area contributed by atoms with Gasteiger partial charge in [-0.05, 0) is 26.4 Å². The van der Waals surface area contributed by atoms with Crippen LogP contribution in [-0.2, 0) is 13.5 Å². The molecule has 0 amide bonds. The Balaban J connectivity index is 2.80. The van der Waals surface area contributed by atoms with Crippen LogP contribution < -0.4 is 0 Å². The molecule has 2 unspecified atom stereocenters. The molecular formula is C13H26N4O. The van der Waals surface area contributed by atoms with Gasteiger partial charge in [0.25, 0.3) is 0 Å². The van der Waals surface area contributed by atoms with Gasteiger partial charge in [0.15, 0.2) is 0 Å². The van der Waals surface area contributed by atoms with Crippen LogP contribution in [0.15, 0.2) is 6.20 Å². The summed E-state index contributed by atoms with van der Waals surface area (Å²) in [7, 11) is 1.84. The van der Waals surface area contributed by atoms with Crippen LogP contribution in [-0.4, -0.2) is 49.7 Å². The molecule has 0 aliphatic rings. The van der Waals surface area contributed by atoms with Gasteiger partial charge in [-0.2, -0.15) is 0 Å². The molecule has 0 bridgehead atoms. The topological polar surface area (TPSA) is 54.2 Å². The van der Waals surface area contributed by atoms with E-state index in [1.165, 1.54) is 0 Å². The third-order valence-corrected chi connectivity index (χ3v) is 3.97. The molecule has 0 aliphatic heterocycles. The molecule has 5 heteroatoms. The van der Waals surface area contributed by atoms with Gasteiger partial charge >= 0.3 is 0 Å². The molecule has 0 saturated heterocycles. The minimum absolute atomic E-state index is 0.207. The SMILES string of the molecule is CCN(CC)C(C)(CC)C(O)Cc1cn(C)nn1. The zero-order valence-corrected chi connectivity index (χ0v) is 12.2. The van der Waals surface area contributed by atoms with E-state index >= 15 is 0 Å². The predicted octanol–water partition coefficient (Wildman–Crippen LogP) is 1.23. The third kappa shape index (κ3) is 3.09. The second-order valence-electron chi connectivity index (χ2n) is 4.99. The van der Waals surface area contributed by atoms with Crippen molar-refractivity contribution < 1.29 is 5.11 Å². The molecule has 0 fully saturated rings. The Morgan fingerprint density at radius 2 is 2.00 bits per heavy atom. The molecule has 1 rings (SSSR count). The number of rotatable bonds is 7. The van der Waals surface area contributed by atoms with Gasteiger partial charge < -0.3 is 5.11 Å². The quantitative estimate of drug-likeness (QED) is 0.795. The first-order valence-corrected chi connectivity index (χ1v) is 6.76. The Hall–Kier alpha value is -0.940. The first-order chi connectivity index (χ1) is 8.47. The average molecular weight is 254 g/mol. The minimum atomic E-state index is -0.431. The lowest BCUT2D eigenvalue weighted by atomic mass is 9.86. The fourth-order valence-electron chi connectivity index (χ4n) is 2.52. The Morgan fingerprint density at radius 3 is 2.39 bits per heavy atom. The number of nitrogens with zero attached hydrogens (tertiary/aromatic N) is 4. The van der Waals surface area contributed by atoms with Crippen LogP contribution >= 0.6 is 0 Å². The Labute approximate surface area is 110 Å². The molecule has 0 saturated carbocycles. The van der Waals surface area contributed by atoms with E-state index in [1.807, 2.05) is 13.2 Å². The van der Waals surface area contributed by atoms with Crippen LogP contribution in [0.5, 0.6) is 0 Å². The maximum absolute atomic E-state index is 10.5. The maximum Gasteiger partial charge on any atom is 0.0853 e. The summed E-state index contributed by atoms with van der Waals surface area (Å²) in [5.41, 5.74) is 0.637. The molecule has 1 aromatic rings. The average Bonchev–Trinajstić information content (AvgIpc) is 2.75. The van der Waals surface area contributed by atoms with E-state index in [2.05, 4.69) is 42.9 Å². The molecule has 0 spiro atoms. The standard InChI is InChI=1S/C13H26N4O/c1-6-13(4,17(7-2)8-3)12(18)9-11-10-16(5)15-14-11/h10,12,18H,6-9H2,1-5H3. The van der Waals surface area contributed by atoms with Gasteiger partial charge in [0.05, 0.1) is 11.8 Å². The van der Waals surface area contributed by atoms with Crippen LogP contribution in [0.3, 0.4) is 0 Å². The fourth-order valence-corrected chi connectivity index (χ4v) is 2.52. The van der Waals surface area contributed by atoms with Gasteiger partial charge in [0.2, 0.25) is 0 Å². The summed E-state index contributed by atoms with van der Waals surface area (Å²) in [6, 6.07) is 0. The predicted molar refractivity (Wildman–Crippen MR) is 72.3 cm³/mol. The summed E-state index contributed by atoms with van der Waals surface area (Å²) < 4.78 is 1.67. The van der Waals surface area contributed by atoms with E-state index in [-0.39, 0.29) is 5.54 Å². The van der Waals surface area contributed by atoms with E-state index in [0.717, 1.165) is 25.2 Å². The highest BCUT2D eigenvalue weighted by Gasteiger charge is 2.36. The van der Waals surface area contributed by atoms with Crippen molar-refractivity contribution >= 4 is 0 Å². The summed E-state index contributed by atoms with van der Waals surface area (Å²) in [4.78, 5) is 2.31. The lowest BCUT2D eigenvalue weighted by Gasteiger charge is -2.43. The number of hydrogen-bond acceptors (Lipinski definition) is 4. The Bertz CT molecular complexity index is 362. The molecule has 1 N–H and O–H groups in total. The highest BCUT2D eigenvalue weighted by Crippen LogP contribution is 2.25. The second-order valence-corrected chi connectivity index (χ2v) is 4.99. The molecule has 0 aliphatic carbocycles. The lowest BCUT2D eigenvalue weighted by molar-refractivity contribution is -0.0195. The monoisotopic (exact) mass is 254 g/mol. The summed E-state index contributed by atoms with van der Waals surface area (Å²) >= 11 is 0. The van der Waals surface area contributed by atoms with Crippen LogP contribution in [0.25, 0.3) is 0 Å². The van der Waals surface area contributed by atoms with Crippen molar-refractivity contribution in [1.82, 2.24) is 19.9 Å². The largest absolute Gasteiger partial charge is 0.391 e. The highest BCUT2D eigenvalue weighted by atomic mass is 16.3. The minimum Gasteiger partial charge on any atom is -0.391 e.